The number of anilines is 1. The molecule has 2 aromatic rings. The molecular formula is C15H18BrN3. The number of nitrogens with zero attached hydrogens (tertiary/aromatic N) is 2. The summed E-state index contributed by atoms with van der Waals surface area (Å²) < 4.78 is 3.26. The maximum atomic E-state index is 4.65. The summed E-state index contributed by atoms with van der Waals surface area (Å²) in [6.07, 6.45) is 3.21. The van der Waals surface area contributed by atoms with Gasteiger partial charge in [0.25, 0.3) is 0 Å². The van der Waals surface area contributed by atoms with Crippen LogP contribution in [-0.4, -0.2) is 16.1 Å². The van der Waals surface area contributed by atoms with Crippen molar-refractivity contribution in [2.45, 2.75) is 32.7 Å². The summed E-state index contributed by atoms with van der Waals surface area (Å²) in [5.41, 5.74) is 2.71. The molecule has 3 rings (SSSR count). The van der Waals surface area contributed by atoms with E-state index in [1.165, 1.54) is 23.4 Å². The Morgan fingerprint density at radius 1 is 1.37 bits per heavy atom. The number of benzene rings is 1. The molecule has 1 aliphatic heterocycles. The van der Waals surface area contributed by atoms with Gasteiger partial charge in [0.1, 0.15) is 16.2 Å². The summed E-state index contributed by atoms with van der Waals surface area (Å²) in [5.74, 6) is 2.32. The molecule has 1 N–H and O–H groups in total. The van der Waals surface area contributed by atoms with Crippen molar-refractivity contribution in [2.24, 2.45) is 0 Å². The summed E-state index contributed by atoms with van der Waals surface area (Å²) in [6.45, 7) is 4.26. The van der Waals surface area contributed by atoms with E-state index in [0.717, 1.165) is 36.4 Å². The number of imidazole rings is 1. The lowest BCUT2D eigenvalue weighted by atomic mass is 10.1. The van der Waals surface area contributed by atoms with E-state index in [1.807, 2.05) is 0 Å². The van der Waals surface area contributed by atoms with Crippen molar-refractivity contribution >= 4 is 21.7 Å². The molecule has 0 spiro atoms. The third-order valence-electron chi connectivity index (χ3n) is 3.57. The fraction of sp³-hybridized carbons (Fsp3) is 0.400. The monoisotopic (exact) mass is 319 g/mol. The Morgan fingerprint density at radius 3 is 3.11 bits per heavy atom. The zero-order valence-electron chi connectivity index (χ0n) is 11.1. The van der Waals surface area contributed by atoms with E-state index in [9.17, 15) is 0 Å². The highest BCUT2D eigenvalue weighted by Gasteiger charge is 2.17. The standard InChI is InChI=1S/C15H18BrN3/c1-11-4-2-5-12(10-11)6-7-13-18-14(16)15-17-8-3-9-19(13)15/h2,4-5,10,17H,3,6-9H2,1H3. The summed E-state index contributed by atoms with van der Waals surface area (Å²) in [5, 5.41) is 3.41. The molecule has 100 valence electrons. The smallest absolute Gasteiger partial charge is 0.148 e. The second kappa shape index (κ2) is 5.37. The van der Waals surface area contributed by atoms with Gasteiger partial charge in [0.15, 0.2) is 0 Å². The van der Waals surface area contributed by atoms with Gasteiger partial charge in [-0.15, -0.1) is 0 Å². The molecule has 0 radical (unpaired) electrons. The lowest BCUT2D eigenvalue weighted by Crippen LogP contribution is -2.18. The van der Waals surface area contributed by atoms with E-state index in [2.05, 4.69) is 62.0 Å². The SMILES string of the molecule is Cc1cccc(CCc2nc(Br)c3n2CCCN3)c1. The van der Waals surface area contributed by atoms with Gasteiger partial charge in [-0.05, 0) is 41.3 Å². The molecule has 0 aliphatic carbocycles. The minimum Gasteiger partial charge on any atom is -0.369 e. The van der Waals surface area contributed by atoms with Gasteiger partial charge in [-0.3, -0.25) is 0 Å². The first-order chi connectivity index (χ1) is 9.24. The van der Waals surface area contributed by atoms with Gasteiger partial charge in [0.2, 0.25) is 0 Å². The van der Waals surface area contributed by atoms with Crippen molar-refractivity contribution in [2.75, 3.05) is 11.9 Å². The molecule has 3 nitrogen and oxygen atoms in total. The van der Waals surface area contributed by atoms with E-state index in [1.54, 1.807) is 0 Å². The first-order valence-electron chi connectivity index (χ1n) is 6.78. The average Bonchev–Trinajstić information content (AvgIpc) is 2.74. The molecule has 0 saturated heterocycles. The Hall–Kier alpha value is -1.29. The van der Waals surface area contributed by atoms with Crippen LogP contribution in [-0.2, 0) is 19.4 Å². The number of aryl methyl sites for hydroxylation is 3. The largest absolute Gasteiger partial charge is 0.369 e. The van der Waals surface area contributed by atoms with Crippen molar-refractivity contribution in [1.29, 1.82) is 0 Å². The Morgan fingerprint density at radius 2 is 2.26 bits per heavy atom. The minimum atomic E-state index is 0.950. The number of nitrogens with one attached hydrogen (secondary N) is 1. The van der Waals surface area contributed by atoms with Gasteiger partial charge in [0.05, 0.1) is 0 Å². The maximum absolute atomic E-state index is 4.65. The first-order valence-corrected chi connectivity index (χ1v) is 7.57. The number of fused-ring (bicyclic) bond motifs is 1. The quantitative estimate of drug-likeness (QED) is 0.937. The van der Waals surface area contributed by atoms with Crippen molar-refractivity contribution in [3.63, 3.8) is 0 Å². The topological polar surface area (TPSA) is 29.9 Å². The second-order valence-electron chi connectivity index (χ2n) is 5.09. The van der Waals surface area contributed by atoms with Gasteiger partial charge in [-0.2, -0.15) is 0 Å². The fourth-order valence-corrected chi connectivity index (χ4v) is 3.19. The molecule has 0 saturated carbocycles. The second-order valence-corrected chi connectivity index (χ2v) is 5.84. The fourth-order valence-electron chi connectivity index (χ4n) is 2.63. The molecule has 19 heavy (non-hydrogen) atoms. The number of rotatable bonds is 3. The van der Waals surface area contributed by atoms with Gasteiger partial charge in [-0.25, -0.2) is 4.98 Å². The molecule has 1 aromatic carbocycles. The summed E-state index contributed by atoms with van der Waals surface area (Å²) in [4.78, 5) is 4.65. The lowest BCUT2D eigenvalue weighted by molar-refractivity contribution is 0.597. The zero-order chi connectivity index (χ0) is 13.2. The van der Waals surface area contributed by atoms with Crippen LogP contribution >= 0.6 is 15.9 Å². The zero-order valence-corrected chi connectivity index (χ0v) is 12.7. The van der Waals surface area contributed by atoms with Crippen molar-refractivity contribution < 1.29 is 0 Å². The molecule has 0 fully saturated rings. The van der Waals surface area contributed by atoms with E-state index in [-0.39, 0.29) is 0 Å². The van der Waals surface area contributed by atoms with E-state index >= 15 is 0 Å². The molecule has 0 atom stereocenters. The van der Waals surface area contributed by atoms with Crippen molar-refractivity contribution in [1.82, 2.24) is 9.55 Å². The summed E-state index contributed by atoms with van der Waals surface area (Å²) in [6, 6.07) is 8.72. The van der Waals surface area contributed by atoms with Crippen molar-refractivity contribution in [3.8, 4) is 0 Å². The van der Waals surface area contributed by atoms with E-state index < -0.39 is 0 Å². The normalized spacial score (nSPS) is 14.0. The van der Waals surface area contributed by atoms with Crippen LogP contribution in [0.15, 0.2) is 28.9 Å². The lowest BCUT2D eigenvalue weighted by Gasteiger charge is -2.18. The predicted molar refractivity (Wildman–Crippen MR) is 81.6 cm³/mol. The van der Waals surface area contributed by atoms with Gasteiger partial charge >= 0.3 is 0 Å². The van der Waals surface area contributed by atoms with Crippen LogP contribution in [0.4, 0.5) is 5.82 Å². The van der Waals surface area contributed by atoms with Crippen LogP contribution in [0.1, 0.15) is 23.4 Å². The third kappa shape index (κ3) is 2.68. The van der Waals surface area contributed by atoms with Gasteiger partial charge in [0, 0.05) is 19.5 Å². The minimum absolute atomic E-state index is 0.950. The van der Waals surface area contributed by atoms with Crippen LogP contribution in [0.2, 0.25) is 0 Å². The molecule has 0 bridgehead atoms. The van der Waals surface area contributed by atoms with Crippen LogP contribution in [0.5, 0.6) is 0 Å². The molecule has 1 aromatic heterocycles. The number of halogens is 1. The molecule has 0 unspecified atom stereocenters. The molecule has 2 heterocycles. The predicted octanol–water partition coefficient (Wildman–Crippen LogP) is 3.55. The Labute approximate surface area is 122 Å². The summed E-state index contributed by atoms with van der Waals surface area (Å²) >= 11 is 3.55. The van der Waals surface area contributed by atoms with Gasteiger partial charge < -0.3 is 9.88 Å². The van der Waals surface area contributed by atoms with Gasteiger partial charge in [-0.1, -0.05) is 29.8 Å². The van der Waals surface area contributed by atoms with Crippen LogP contribution < -0.4 is 5.32 Å². The Bertz CT molecular complexity index is 589. The molecule has 4 heteroatoms. The number of aromatic nitrogens is 2. The summed E-state index contributed by atoms with van der Waals surface area (Å²) in [7, 11) is 0. The van der Waals surface area contributed by atoms with Crippen LogP contribution in [0.25, 0.3) is 0 Å². The maximum Gasteiger partial charge on any atom is 0.148 e. The number of hydrogen-bond donors (Lipinski definition) is 1. The van der Waals surface area contributed by atoms with E-state index in [4.69, 9.17) is 0 Å². The van der Waals surface area contributed by atoms with Crippen LogP contribution in [0, 0.1) is 6.92 Å². The number of hydrogen-bond acceptors (Lipinski definition) is 2. The van der Waals surface area contributed by atoms with Crippen molar-refractivity contribution in [3.05, 3.63) is 45.8 Å². The third-order valence-corrected chi connectivity index (χ3v) is 4.13. The Balaban J connectivity index is 1.77. The average molecular weight is 320 g/mol. The molecule has 1 aliphatic rings. The molecular weight excluding hydrogens is 302 g/mol. The first kappa shape index (κ1) is 12.7. The van der Waals surface area contributed by atoms with E-state index in [0.29, 0.717) is 0 Å². The van der Waals surface area contributed by atoms with Crippen LogP contribution in [0.3, 0.4) is 0 Å². The highest BCUT2D eigenvalue weighted by molar-refractivity contribution is 9.10. The highest BCUT2D eigenvalue weighted by Crippen LogP contribution is 2.27. The molecule has 0 amide bonds. The Kier molecular flexibility index (Phi) is 3.60. The highest BCUT2D eigenvalue weighted by atomic mass is 79.9.